The molecule has 1 aromatic heterocycles. The Balaban J connectivity index is 1.62. The van der Waals surface area contributed by atoms with E-state index in [1.807, 2.05) is 12.1 Å². The molecular weight excluding hydrogens is 264 g/mol. The lowest BCUT2D eigenvalue weighted by molar-refractivity contribution is -0.0283. The molecule has 0 amide bonds. The second-order valence-corrected chi connectivity index (χ2v) is 6.28. The van der Waals surface area contributed by atoms with Crippen molar-refractivity contribution in [2.24, 2.45) is 5.92 Å². The van der Waals surface area contributed by atoms with Crippen LogP contribution in [0.25, 0.3) is 0 Å². The van der Waals surface area contributed by atoms with Gasteiger partial charge in [0, 0.05) is 25.0 Å². The Morgan fingerprint density at radius 1 is 1.29 bits per heavy atom. The Morgan fingerprint density at radius 2 is 1.95 bits per heavy atom. The molecule has 1 heterocycles. The molecule has 4 nitrogen and oxygen atoms in total. The van der Waals surface area contributed by atoms with E-state index >= 15 is 0 Å². The summed E-state index contributed by atoms with van der Waals surface area (Å²) in [5.41, 5.74) is 1.18. The summed E-state index contributed by atoms with van der Waals surface area (Å²) in [7, 11) is 0. The fraction of sp³-hybridized carbons (Fsp3) is 0.706. The molecule has 1 fully saturated rings. The first-order valence-electron chi connectivity index (χ1n) is 8.08. The molecular formula is C17H28N2O2. The van der Waals surface area contributed by atoms with Gasteiger partial charge >= 0.3 is 0 Å². The number of nitrogens with zero attached hydrogens (tertiary/aromatic N) is 1. The van der Waals surface area contributed by atoms with Crippen LogP contribution in [0.1, 0.15) is 51.1 Å². The fourth-order valence-corrected chi connectivity index (χ4v) is 2.79. The molecule has 1 aromatic rings. The van der Waals surface area contributed by atoms with Crippen LogP contribution in [0.3, 0.4) is 0 Å². The van der Waals surface area contributed by atoms with Crippen LogP contribution in [0.2, 0.25) is 0 Å². The van der Waals surface area contributed by atoms with Crippen molar-refractivity contribution in [1.29, 1.82) is 0 Å². The zero-order valence-electron chi connectivity index (χ0n) is 13.2. The van der Waals surface area contributed by atoms with Crippen molar-refractivity contribution in [3.63, 3.8) is 0 Å². The normalized spacial score (nSPS) is 25.5. The van der Waals surface area contributed by atoms with E-state index in [1.54, 1.807) is 12.4 Å². The van der Waals surface area contributed by atoms with Crippen molar-refractivity contribution < 1.29 is 9.84 Å². The number of pyridine rings is 1. The maximum Gasteiger partial charge on any atom is 0.0898 e. The Bertz CT molecular complexity index is 391. The monoisotopic (exact) mass is 292 g/mol. The average Bonchev–Trinajstić information content (AvgIpc) is 2.53. The van der Waals surface area contributed by atoms with Gasteiger partial charge in [0.05, 0.1) is 18.8 Å². The van der Waals surface area contributed by atoms with Crippen molar-refractivity contribution in [1.82, 2.24) is 10.3 Å². The molecule has 1 aliphatic rings. The van der Waals surface area contributed by atoms with Gasteiger partial charge in [-0.25, -0.2) is 0 Å². The molecule has 2 rings (SSSR count). The largest absolute Gasteiger partial charge is 0.389 e. The number of nitrogens with one attached hydrogen (secondary N) is 1. The molecule has 118 valence electrons. The highest BCUT2D eigenvalue weighted by molar-refractivity contribution is 5.13. The van der Waals surface area contributed by atoms with Crippen LogP contribution in [0.15, 0.2) is 24.5 Å². The van der Waals surface area contributed by atoms with Gasteiger partial charge in [-0.1, -0.05) is 6.92 Å². The lowest BCUT2D eigenvalue weighted by atomic mass is 9.89. The summed E-state index contributed by atoms with van der Waals surface area (Å²) in [6, 6.07) is 4.19. The summed E-state index contributed by atoms with van der Waals surface area (Å²) in [5, 5.41) is 13.4. The number of ether oxygens (including phenoxy) is 1. The Morgan fingerprint density at radius 3 is 2.62 bits per heavy atom. The minimum atomic E-state index is -0.450. The number of rotatable bonds is 7. The van der Waals surface area contributed by atoms with Crippen LogP contribution in [-0.4, -0.2) is 35.5 Å². The number of hydrogen-bond donors (Lipinski definition) is 2. The van der Waals surface area contributed by atoms with E-state index in [9.17, 15) is 5.11 Å². The number of hydrogen-bond acceptors (Lipinski definition) is 4. The molecule has 21 heavy (non-hydrogen) atoms. The van der Waals surface area contributed by atoms with E-state index in [1.165, 1.54) is 18.4 Å². The Hall–Kier alpha value is -0.970. The van der Waals surface area contributed by atoms with Gasteiger partial charge < -0.3 is 15.2 Å². The molecule has 0 radical (unpaired) electrons. The second kappa shape index (κ2) is 8.47. The minimum Gasteiger partial charge on any atom is -0.389 e. The highest BCUT2D eigenvalue weighted by atomic mass is 16.5. The van der Waals surface area contributed by atoms with Crippen LogP contribution in [-0.2, 0) is 4.74 Å². The summed E-state index contributed by atoms with van der Waals surface area (Å²) in [6.07, 6.45) is 8.23. The third-order valence-corrected chi connectivity index (χ3v) is 4.35. The van der Waals surface area contributed by atoms with E-state index < -0.39 is 6.10 Å². The van der Waals surface area contributed by atoms with Gasteiger partial charge in [0.2, 0.25) is 0 Å². The highest BCUT2D eigenvalue weighted by Gasteiger charge is 2.19. The van der Waals surface area contributed by atoms with Crippen molar-refractivity contribution in [2.45, 2.75) is 57.8 Å². The zero-order valence-corrected chi connectivity index (χ0v) is 13.2. The molecule has 0 saturated heterocycles. The molecule has 0 aliphatic heterocycles. The smallest absolute Gasteiger partial charge is 0.0898 e. The van der Waals surface area contributed by atoms with Crippen LogP contribution >= 0.6 is 0 Å². The summed E-state index contributed by atoms with van der Waals surface area (Å²) in [6.45, 7) is 5.36. The van der Waals surface area contributed by atoms with Crippen LogP contribution in [0.4, 0.5) is 0 Å². The first-order chi connectivity index (χ1) is 10.1. The molecule has 1 aliphatic carbocycles. The molecule has 0 bridgehead atoms. The summed E-state index contributed by atoms with van der Waals surface area (Å²) >= 11 is 0. The first-order valence-corrected chi connectivity index (χ1v) is 8.08. The second-order valence-electron chi connectivity index (χ2n) is 6.28. The number of aromatic nitrogens is 1. The first kappa shape index (κ1) is 16.4. The third-order valence-electron chi connectivity index (χ3n) is 4.35. The molecule has 0 spiro atoms. The SMILES string of the molecule is CC1CCC(OCC(O)CN[C@@H](C)c2ccncc2)CC1. The van der Waals surface area contributed by atoms with Crippen molar-refractivity contribution >= 4 is 0 Å². The Labute approximate surface area is 127 Å². The third kappa shape index (κ3) is 5.73. The van der Waals surface area contributed by atoms with Gasteiger partial charge in [0.15, 0.2) is 0 Å². The maximum atomic E-state index is 10.0. The quantitative estimate of drug-likeness (QED) is 0.811. The van der Waals surface area contributed by atoms with Crippen molar-refractivity contribution in [3.05, 3.63) is 30.1 Å². The van der Waals surface area contributed by atoms with Crippen LogP contribution in [0.5, 0.6) is 0 Å². The highest BCUT2D eigenvalue weighted by Crippen LogP contribution is 2.25. The average molecular weight is 292 g/mol. The standard InChI is InChI=1S/C17H28N2O2/c1-13-3-5-17(6-4-13)21-12-16(20)11-19-14(2)15-7-9-18-10-8-15/h7-10,13-14,16-17,19-20H,3-6,11-12H2,1-2H3/t13?,14-,16?,17?/m0/s1. The molecule has 2 atom stereocenters. The molecule has 0 aromatic carbocycles. The van der Waals surface area contributed by atoms with E-state index in [2.05, 4.69) is 24.1 Å². The van der Waals surface area contributed by atoms with E-state index in [4.69, 9.17) is 4.74 Å². The van der Waals surface area contributed by atoms with Gasteiger partial charge in [-0.3, -0.25) is 4.98 Å². The summed E-state index contributed by atoms with van der Waals surface area (Å²) in [5.74, 6) is 0.831. The predicted molar refractivity (Wildman–Crippen MR) is 84.0 cm³/mol. The van der Waals surface area contributed by atoms with Gasteiger partial charge in [-0.2, -0.15) is 0 Å². The molecule has 1 unspecified atom stereocenters. The van der Waals surface area contributed by atoms with Crippen LogP contribution < -0.4 is 5.32 Å². The zero-order chi connectivity index (χ0) is 15.1. The lowest BCUT2D eigenvalue weighted by Gasteiger charge is -2.27. The number of aliphatic hydroxyl groups excluding tert-OH is 1. The Kier molecular flexibility index (Phi) is 6.61. The molecule has 4 heteroatoms. The van der Waals surface area contributed by atoms with Crippen LogP contribution in [0, 0.1) is 5.92 Å². The maximum absolute atomic E-state index is 10.0. The summed E-state index contributed by atoms with van der Waals surface area (Å²) < 4.78 is 5.83. The minimum absolute atomic E-state index is 0.207. The predicted octanol–water partition coefficient (Wildman–Crippen LogP) is 2.69. The molecule has 1 saturated carbocycles. The van der Waals surface area contributed by atoms with Gasteiger partial charge in [-0.15, -0.1) is 0 Å². The van der Waals surface area contributed by atoms with E-state index in [0.29, 0.717) is 19.3 Å². The van der Waals surface area contributed by atoms with Gasteiger partial charge in [0.1, 0.15) is 0 Å². The summed E-state index contributed by atoms with van der Waals surface area (Å²) in [4.78, 5) is 4.01. The van der Waals surface area contributed by atoms with Gasteiger partial charge in [-0.05, 0) is 56.2 Å². The topological polar surface area (TPSA) is 54.4 Å². The fourth-order valence-electron chi connectivity index (χ4n) is 2.79. The van der Waals surface area contributed by atoms with Crippen molar-refractivity contribution in [3.8, 4) is 0 Å². The molecule has 2 N–H and O–H groups in total. The van der Waals surface area contributed by atoms with Gasteiger partial charge in [0.25, 0.3) is 0 Å². The van der Waals surface area contributed by atoms with E-state index in [-0.39, 0.29) is 6.04 Å². The lowest BCUT2D eigenvalue weighted by Crippen LogP contribution is -2.34. The van der Waals surface area contributed by atoms with Crippen molar-refractivity contribution in [2.75, 3.05) is 13.2 Å². The number of aliphatic hydroxyl groups is 1. The van der Waals surface area contributed by atoms with E-state index in [0.717, 1.165) is 18.8 Å².